The summed E-state index contributed by atoms with van der Waals surface area (Å²) in [6.07, 6.45) is 1.24. The Kier molecular flexibility index (Phi) is 3.13. The maximum Gasteiger partial charge on any atom is 0.141 e. The first-order valence-electron chi connectivity index (χ1n) is 5.61. The molecule has 1 atom stereocenters. The fraction of sp³-hybridized carbons (Fsp3) is 0.308. The summed E-state index contributed by atoms with van der Waals surface area (Å²) in [5.41, 5.74) is 6.42. The summed E-state index contributed by atoms with van der Waals surface area (Å²) in [7, 11) is 0. The van der Waals surface area contributed by atoms with Crippen LogP contribution < -0.4 is 5.43 Å². The van der Waals surface area contributed by atoms with Crippen molar-refractivity contribution in [3.8, 4) is 0 Å². The van der Waals surface area contributed by atoms with Crippen molar-refractivity contribution in [3.63, 3.8) is 0 Å². The van der Waals surface area contributed by atoms with Crippen LogP contribution in [0.5, 0.6) is 0 Å². The summed E-state index contributed by atoms with van der Waals surface area (Å²) in [5, 5.41) is 0. The molecule has 3 nitrogen and oxygen atoms in total. The number of nitrogens with zero attached hydrogens (tertiary/aromatic N) is 2. The lowest BCUT2D eigenvalue weighted by molar-refractivity contribution is 0.613. The van der Waals surface area contributed by atoms with Crippen LogP contribution in [0.3, 0.4) is 0 Å². The van der Waals surface area contributed by atoms with E-state index in [4.69, 9.17) is 0 Å². The predicted octanol–water partition coefficient (Wildman–Crippen LogP) is 2.94. The van der Waals surface area contributed by atoms with E-state index in [9.17, 15) is 4.39 Å². The van der Waals surface area contributed by atoms with Crippen molar-refractivity contribution in [1.29, 1.82) is 0 Å². The van der Waals surface area contributed by atoms with E-state index in [0.29, 0.717) is 0 Å². The van der Waals surface area contributed by atoms with E-state index >= 15 is 0 Å². The molecule has 0 saturated carbocycles. The zero-order valence-corrected chi connectivity index (χ0v) is 10.2. The molecular formula is C13H16FN3. The van der Waals surface area contributed by atoms with Gasteiger partial charge in [-0.25, -0.2) is 4.39 Å². The van der Waals surface area contributed by atoms with Crippen LogP contribution in [0.2, 0.25) is 0 Å². The standard InChI is InChI=1S/C13H16FN3/c1-9-4-5-10(2)17(9)16-11(3)13-7-6-12(14)8-15-13/h4-8,11,16H,1-3H3. The molecule has 0 aliphatic rings. The van der Waals surface area contributed by atoms with Crippen molar-refractivity contribution >= 4 is 0 Å². The van der Waals surface area contributed by atoms with Gasteiger partial charge in [0.2, 0.25) is 0 Å². The average molecular weight is 233 g/mol. The fourth-order valence-corrected chi connectivity index (χ4v) is 1.78. The van der Waals surface area contributed by atoms with E-state index < -0.39 is 0 Å². The van der Waals surface area contributed by atoms with Crippen molar-refractivity contribution in [2.24, 2.45) is 0 Å². The lowest BCUT2D eigenvalue weighted by Crippen LogP contribution is -2.21. The highest BCUT2D eigenvalue weighted by atomic mass is 19.1. The summed E-state index contributed by atoms with van der Waals surface area (Å²) >= 11 is 0. The van der Waals surface area contributed by atoms with Crippen molar-refractivity contribution in [2.45, 2.75) is 26.8 Å². The third-order valence-electron chi connectivity index (χ3n) is 2.79. The van der Waals surface area contributed by atoms with Crippen LogP contribution in [-0.2, 0) is 0 Å². The molecule has 0 fully saturated rings. The van der Waals surface area contributed by atoms with Gasteiger partial charge in [-0.1, -0.05) is 0 Å². The van der Waals surface area contributed by atoms with E-state index in [1.165, 1.54) is 12.3 Å². The van der Waals surface area contributed by atoms with Crippen LogP contribution in [0.15, 0.2) is 30.5 Å². The highest BCUT2D eigenvalue weighted by Gasteiger charge is 2.09. The minimum absolute atomic E-state index is 0.0281. The highest BCUT2D eigenvalue weighted by molar-refractivity contribution is 5.18. The number of nitrogens with one attached hydrogen (secondary N) is 1. The van der Waals surface area contributed by atoms with E-state index in [1.54, 1.807) is 6.07 Å². The molecule has 0 radical (unpaired) electrons. The first-order valence-corrected chi connectivity index (χ1v) is 5.61. The van der Waals surface area contributed by atoms with Crippen LogP contribution in [-0.4, -0.2) is 9.66 Å². The largest absolute Gasteiger partial charge is 0.317 e. The van der Waals surface area contributed by atoms with Crippen molar-refractivity contribution in [1.82, 2.24) is 9.66 Å². The molecule has 1 unspecified atom stereocenters. The molecule has 1 N–H and O–H groups in total. The van der Waals surface area contributed by atoms with Gasteiger partial charge in [0.25, 0.3) is 0 Å². The molecule has 2 aromatic heterocycles. The molecule has 2 rings (SSSR count). The van der Waals surface area contributed by atoms with Crippen LogP contribution in [0.1, 0.15) is 30.0 Å². The summed E-state index contributed by atoms with van der Waals surface area (Å²) in [4.78, 5) is 4.07. The van der Waals surface area contributed by atoms with Gasteiger partial charge in [-0.2, -0.15) is 0 Å². The SMILES string of the molecule is Cc1ccc(C)n1NC(C)c1ccc(F)cn1. The number of pyridine rings is 1. The monoisotopic (exact) mass is 233 g/mol. The summed E-state index contributed by atoms with van der Waals surface area (Å²) in [5.74, 6) is -0.311. The fourth-order valence-electron chi connectivity index (χ4n) is 1.78. The lowest BCUT2D eigenvalue weighted by Gasteiger charge is -2.18. The second-order valence-corrected chi connectivity index (χ2v) is 4.20. The van der Waals surface area contributed by atoms with Gasteiger partial charge in [0.15, 0.2) is 0 Å². The molecule has 0 saturated heterocycles. The summed E-state index contributed by atoms with van der Waals surface area (Å²) in [6.45, 7) is 6.06. The normalized spacial score (nSPS) is 12.5. The van der Waals surface area contributed by atoms with Gasteiger partial charge in [-0.05, 0) is 45.0 Å². The van der Waals surface area contributed by atoms with E-state index in [0.717, 1.165) is 17.1 Å². The van der Waals surface area contributed by atoms with Crippen molar-refractivity contribution < 1.29 is 4.39 Å². The zero-order valence-electron chi connectivity index (χ0n) is 10.2. The molecule has 0 aliphatic carbocycles. The third kappa shape index (κ3) is 2.46. The average Bonchev–Trinajstić information content (AvgIpc) is 2.61. The molecule has 17 heavy (non-hydrogen) atoms. The first kappa shape index (κ1) is 11.6. The Morgan fingerprint density at radius 2 is 1.82 bits per heavy atom. The van der Waals surface area contributed by atoms with Gasteiger partial charge >= 0.3 is 0 Å². The Morgan fingerprint density at radius 1 is 1.18 bits per heavy atom. The number of rotatable bonds is 3. The quantitative estimate of drug-likeness (QED) is 0.883. The maximum atomic E-state index is 12.8. The summed E-state index contributed by atoms with van der Waals surface area (Å²) < 4.78 is 14.8. The summed E-state index contributed by atoms with van der Waals surface area (Å²) in [6, 6.07) is 7.25. The number of hydrogen-bond acceptors (Lipinski definition) is 2. The molecule has 2 aromatic rings. The second-order valence-electron chi connectivity index (χ2n) is 4.20. The van der Waals surface area contributed by atoms with Crippen LogP contribution in [0.25, 0.3) is 0 Å². The Labute approximate surface area is 100 Å². The second kappa shape index (κ2) is 4.57. The molecule has 4 heteroatoms. The first-order chi connectivity index (χ1) is 8.08. The van der Waals surface area contributed by atoms with Crippen LogP contribution >= 0.6 is 0 Å². The van der Waals surface area contributed by atoms with Gasteiger partial charge in [0.1, 0.15) is 5.82 Å². The maximum absolute atomic E-state index is 12.8. The van der Waals surface area contributed by atoms with Crippen molar-refractivity contribution in [2.75, 3.05) is 5.43 Å². The number of aryl methyl sites for hydroxylation is 2. The Balaban J connectivity index is 2.17. The van der Waals surface area contributed by atoms with Gasteiger partial charge in [0.05, 0.1) is 17.9 Å². The van der Waals surface area contributed by atoms with Gasteiger partial charge in [0, 0.05) is 11.4 Å². The Bertz CT molecular complexity index is 482. The number of hydrogen-bond donors (Lipinski definition) is 1. The molecule has 0 aromatic carbocycles. The van der Waals surface area contributed by atoms with Gasteiger partial charge in [-0.15, -0.1) is 0 Å². The van der Waals surface area contributed by atoms with E-state index in [-0.39, 0.29) is 11.9 Å². The smallest absolute Gasteiger partial charge is 0.141 e. The molecule has 0 amide bonds. The Hall–Kier alpha value is -1.84. The molecule has 2 heterocycles. The highest BCUT2D eigenvalue weighted by Crippen LogP contribution is 2.13. The minimum atomic E-state index is -0.311. The topological polar surface area (TPSA) is 29.9 Å². The zero-order chi connectivity index (χ0) is 12.4. The molecule has 0 aliphatic heterocycles. The van der Waals surface area contributed by atoms with E-state index in [2.05, 4.69) is 10.4 Å². The van der Waals surface area contributed by atoms with Crippen molar-refractivity contribution in [3.05, 3.63) is 53.4 Å². The van der Waals surface area contributed by atoms with E-state index in [1.807, 2.05) is 37.6 Å². The number of aromatic nitrogens is 2. The lowest BCUT2D eigenvalue weighted by atomic mass is 10.2. The Morgan fingerprint density at radius 3 is 2.35 bits per heavy atom. The number of halogens is 1. The third-order valence-corrected chi connectivity index (χ3v) is 2.79. The van der Waals surface area contributed by atoms with Gasteiger partial charge in [-0.3, -0.25) is 9.66 Å². The minimum Gasteiger partial charge on any atom is -0.317 e. The van der Waals surface area contributed by atoms with Crippen LogP contribution in [0, 0.1) is 19.7 Å². The predicted molar refractivity (Wildman–Crippen MR) is 65.9 cm³/mol. The molecule has 90 valence electrons. The molecular weight excluding hydrogens is 217 g/mol. The van der Waals surface area contributed by atoms with Gasteiger partial charge < -0.3 is 5.43 Å². The molecule has 0 bridgehead atoms. The molecule has 0 spiro atoms. The van der Waals surface area contributed by atoms with Crippen LogP contribution in [0.4, 0.5) is 4.39 Å².